The van der Waals surface area contributed by atoms with Crippen molar-refractivity contribution >= 4 is 129 Å². The average Bonchev–Trinajstić information content (AvgIpc) is 3.14. The van der Waals surface area contributed by atoms with Crippen molar-refractivity contribution in [2.75, 3.05) is 23.0 Å². The molecule has 0 aliphatic heterocycles. The lowest BCUT2D eigenvalue weighted by Crippen LogP contribution is -2.15. The van der Waals surface area contributed by atoms with Crippen molar-refractivity contribution < 1.29 is 82.6 Å². The monoisotopic (exact) mass is 1020 g/mol. The van der Waals surface area contributed by atoms with E-state index < -0.39 is 154 Å². The third-order valence-corrected chi connectivity index (χ3v) is 14.2. The Bertz CT molecular complexity index is 3670. The van der Waals surface area contributed by atoms with E-state index in [1.807, 2.05) is 0 Å². The predicted octanol–water partition coefficient (Wildman–Crippen LogP) is 4.02. The molecule has 0 bridgehead atoms. The van der Waals surface area contributed by atoms with Crippen molar-refractivity contribution in [2.24, 2.45) is 10.2 Å². The summed E-state index contributed by atoms with van der Waals surface area (Å²) >= 11 is 6.11. The van der Waals surface area contributed by atoms with Crippen LogP contribution in [0, 0.1) is 0 Å². The number of phenols is 1. The molecular formula is C31H24ClN7O19S6. The van der Waals surface area contributed by atoms with E-state index in [9.17, 15) is 73.8 Å². The molecule has 0 atom stereocenters. The molecular weight excluding hydrogens is 1000 g/mol. The Balaban J connectivity index is 1.48. The van der Waals surface area contributed by atoms with Crippen molar-refractivity contribution in [2.45, 2.75) is 24.5 Å². The normalized spacial score (nSPS) is 13.2. The van der Waals surface area contributed by atoms with E-state index in [0.29, 0.717) is 18.2 Å². The van der Waals surface area contributed by atoms with Crippen LogP contribution < -0.4 is 10.6 Å². The summed E-state index contributed by atoms with van der Waals surface area (Å²) in [5.41, 5.74) is -2.55. The number of sulfone groups is 1. The highest BCUT2D eigenvalue weighted by molar-refractivity contribution is 7.91. The van der Waals surface area contributed by atoms with Crippen LogP contribution in [0.4, 0.5) is 34.6 Å². The highest BCUT2D eigenvalue weighted by atomic mass is 35.5. The van der Waals surface area contributed by atoms with Crippen molar-refractivity contribution in [3.8, 4) is 5.75 Å². The minimum absolute atomic E-state index is 0.0170. The first kappa shape index (κ1) is 47.8. The summed E-state index contributed by atoms with van der Waals surface area (Å²) in [6.07, 6.45) is 0. The van der Waals surface area contributed by atoms with Crippen LogP contribution in [0.3, 0.4) is 0 Å². The number of nitrogens with zero attached hydrogens (tertiary/aromatic N) is 5. The van der Waals surface area contributed by atoms with Crippen LogP contribution >= 0.6 is 11.6 Å². The van der Waals surface area contributed by atoms with E-state index in [1.54, 1.807) is 0 Å². The Labute approximate surface area is 365 Å². The Morgan fingerprint density at radius 1 is 0.625 bits per heavy atom. The molecule has 0 saturated carbocycles. The zero-order valence-corrected chi connectivity index (χ0v) is 36.6. The molecule has 1 heterocycles. The predicted molar refractivity (Wildman–Crippen MR) is 220 cm³/mol. The van der Waals surface area contributed by atoms with Gasteiger partial charge in [-0.3, -0.25) is 22.8 Å². The first-order valence-electron chi connectivity index (χ1n) is 16.5. The van der Waals surface area contributed by atoms with Gasteiger partial charge in [0.2, 0.25) is 17.2 Å². The molecule has 0 fully saturated rings. The number of rotatable bonds is 15. The quantitative estimate of drug-likeness (QED) is 0.0532. The number of benzene rings is 5. The molecule has 0 unspecified atom stereocenters. The van der Waals surface area contributed by atoms with Crippen LogP contribution in [0.25, 0.3) is 21.5 Å². The zero-order chi connectivity index (χ0) is 47.4. The van der Waals surface area contributed by atoms with Gasteiger partial charge >= 0.3 is 10.4 Å². The lowest BCUT2D eigenvalue weighted by atomic mass is 10.1. The summed E-state index contributed by atoms with van der Waals surface area (Å²) in [7, 11) is -30.1. The summed E-state index contributed by atoms with van der Waals surface area (Å²) in [5, 5.41) is 21.4. The van der Waals surface area contributed by atoms with Crippen LogP contribution in [-0.2, 0) is 64.9 Å². The smallest absolute Gasteiger partial charge is 0.397 e. The Morgan fingerprint density at radius 2 is 1.27 bits per heavy atom. The lowest BCUT2D eigenvalue weighted by molar-refractivity contribution is 0.284. The average molecular weight is 1030 g/mol. The van der Waals surface area contributed by atoms with Gasteiger partial charge in [-0.15, -0.1) is 10.2 Å². The minimum Gasteiger partial charge on any atom is -0.505 e. The maximum absolute atomic E-state index is 12.8. The van der Waals surface area contributed by atoms with Crippen molar-refractivity contribution in [1.29, 1.82) is 0 Å². The highest BCUT2D eigenvalue weighted by Gasteiger charge is 2.28. The van der Waals surface area contributed by atoms with E-state index in [0.717, 1.165) is 42.5 Å². The van der Waals surface area contributed by atoms with Crippen LogP contribution in [-0.4, -0.2) is 106 Å². The minimum atomic E-state index is -5.48. The van der Waals surface area contributed by atoms with Gasteiger partial charge in [0.15, 0.2) is 15.6 Å². The molecule has 1 aromatic heterocycles. The maximum Gasteiger partial charge on any atom is 0.397 e. The molecule has 6 aromatic rings. The van der Waals surface area contributed by atoms with Gasteiger partial charge < -0.3 is 15.7 Å². The molecule has 8 N–H and O–H groups in total. The van der Waals surface area contributed by atoms with Gasteiger partial charge in [0.1, 0.15) is 26.1 Å². The summed E-state index contributed by atoms with van der Waals surface area (Å²) in [6, 6.07) is 11.3. The standard InChI is InChI=1S/C31H24ClN7O19S6/c32-29-35-30(33-16-3-1-4-17(13-16)59(41,42)10-9-58-64(55,56)57)37-31(36-29)34-22-14-18(60(43,44)45)11-15-12-24(62(49,50)51)26(27(40)25(15)22)39-38-21-8-7-19-20(28(21)63(52,53)54)5-2-6-23(19)61(46,47)48/h1-8,11-14,40H,9-10H2,(H,43,44,45)(H,46,47,48)(H,49,50,51)(H,52,53,54)(H,55,56,57)(H2,33,34,35,36,37)/b39-38+. The number of aromatic hydroxyl groups is 1. The van der Waals surface area contributed by atoms with Crippen LogP contribution in [0.2, 0.25) is 5.28 Å². The molecule has 340 valence electrons. The SMILES string of the molecule is O=S(=O)(O)OCCS(=O)(=O)c1cccc(Nc2nc(Cl)nc(Nc3cc(S(=O)(=O)O)cc4cc(S(=O)(=O)O)c(/N=N/c5ccc6c(S(=O)(=O)O)cccc6c5S(=O)(=O)O)c(O)c34)n2)c1. The van der Waals surface area contributed by atoms with E-state index in [1.165, 1.54) is 12.1 Å². The topological polar surface area (TPSA) is 423 Å². The Morgan fingerprint density at radius 3 is 1.88 bits per heavy atom. The number of hydrogen-bond donors (Lipinski definition) is 8. The Kier molecular flexibility index (Phi) is 12.8. The fraction of sp³-hybridized carbons (Fsp3) is 0.0645. The number of fused-ring (bicyclic) bond motifs is 2. The summed E-state index contributed by atoms with van der Waals surface area (Å²) in [4.78, 5) is 7.28. The second-order valence-corrected chi connectivity index (χ2v) is 21.7. The molecule has 0 aliphatic rings. The van der Waals surface area contributed by atoms with Gasteiger partial charge in [-0.2, -0.15) is 57.0 Å². The highest BCUT2D eigenvalue weighted by Crippen LogP contribution is 2.46. The summed E-state index contributed by atoms with van der Waals surface area (Å²) < 4.78 is 199. The molecule has 0 spiro atoms. The molecule has 0 aliphatic carbocycles. The number of halogens is 1. The summed E-state index contributed by atoms with van der Waals surface area (Å²) in [5.74, 6) is -3.12. The second kappa shape index (κ2) is 17.1. The number of anilines is 4. The molecule has 6 rings (SSSR count). The first-order chi connectivity index (χ1) is 29.4. The van der Waals surface area contributed by atoms with Crippen molar-refractivity contribution in [3.05, 3.63) is 78.1 Å². The number of phenolic OH excluding ortho intramolecular Hbond substituents is 1. The van der Waals surface area contributed by atoms with E-state index >= 15 is 0 Å². The van der Waals surface area contributed by atoms with E-state index in [4.69, 9.17) is 16.2 Å². The van der Waals surface area contributed by atoms with Crippen LogP contribution in [0.15, 0.2) is 108 Å². The zero-order valence-electron chi connectivity index (χ0n) is 30.9. The number of hydrogen-bond acceptors (Lipinski definition) is 21. The third kappa shape index (κ3) is 10.8. The van der Waals surface area contributed by atoms with Crippen LogP contribution in [0.1, 0.15) is 0 Å². The van der Waals surface area contributed by atoms with Gasteiger partial charge in [-0.25, -0.2) is 12.6 Å². The number of azo groups is 1. The fourth-order valence-electron chi connectivity index (χ4n) is 5.81. The van der Waals surface area contributed by atoms with E-state index in [-0.39, 0.29) is 10.6 Å². The molecule has 26 nitrogen and oxygen atoms in total. The third-order valence-electron chi connectivity index (χ3n) is 8.33. The molecule has 33 heteroatoms. The van der Waals surface area contributed by atoms with Gasteiger partial charge in [0.25, 0.3) is 40.5 Å². The molecule has 0 amide bonds. The lowest BCUT2D eigenvalue weighted by Gasteiger charge is -2.15. The van der Waals surface area contributed by atoms with Crippen LogP contribution in [0.5, 0.6) is 5.75 Å². The van der Waals surface area contributed by atoms with E-state index in [2.05, 4.69) is 40.0 Å². The van der Waals surface area contributed by atoms with Gasteiger partial charge in [0.05, 0.1) is 27.8 Å². The molecule has 5 aromatic carbocycles. The van der Waals surface area contributed by atoms with Crippen molar-refractivity contribution in [1.82, 2.24) is 15.0 Å². The largest absolute Gasteiger partial charge is 0.505 e. The number of nitrogens with one attached hydrogen (secondary N) is 2. The van der Waals surface area contributed by atoms with Crippen molar-refractivity contribution in [3.63, 3.8) is 0 Å². The van der Waals surface area contributed by atoms with Gasteiger partial charge in [-0.1, -0.05) is 24.3 Å². The Hall–Kier alpha value is -5.62. The number of aromatic nitrogens is 3. The first-order valence-corrected chi connectivity index (χ1v) is 25.7. The molecule has 64 heavy (non-hydrogen) atoms. The van der Waals surface area contributed by atoms with Gasteiger partial charge in [-0.05, 0) is 65.5 Å². The second-order valence-electron chi connectivity index (χ2n) is 12.6. The fourth-order valence-corrected chi connectivity index (χ4v) is 10.2. The summed E-state index contributed by atoms with van der Waals surface area (Å²) in [6.45, 7) is -0.927. The maximum atomic E-state index is 12.8. The molecule has 0 saturated heterocycles. The molecule has 0 radical (unpaired) electrons. The van der Waals surface area contributed by atoms with Gasteiger partial charge in [0, 0.05) is 21.8 Å².